The van der Waals surface area contributed by atoms with Crippen molar-refractivity contribution >= 4 is 52.7 Å². The first-order valence-electron chi connectivity index (χ1n) is 19.1. The van der Waals surface area contributed by atoms with Gasteiger partial charge in [-0.2, -0.15) is 0 Å². The summed E-state index contributed by atoms with van der Waals surface area (Å²) in [5.74, 6) is -5.30. The van der Waals surface area contributed by atoms with Crippen LogP contribution in [0.15, 0.2) is 59.9 Å². The maximum absolute atomic E-state index is 13.0. The third-order valence-corrected chi connectivity index (χ3v) is 10.5. The summed E-state index contributed by atoms with van der Waals surface area (Å²) in [4.78, 5) is 88.3. The van der Waals surface area contributed by atoms with Gasteiger partial charge < -0.3 is 50.0 Å². The van der Waals surface area contributed by atoms with Crippen molar-refractivity contribution in [2.75, 3.05) is 19.9 Å². The molecule has 0 radical (unpaired) electrons. The molecule has 4 heterocycles. The van der Waals surface area contributed by atoms with E-state index in [4.69, 9.17) is 9.47 Å². The second-order valence-corrected chi connectivity index (χ2v) is 15.5. The molecule has 0 aromatic heterocycles. The molecule has 16 nitrogen and oxygen atoms in total. The zero-order valence-corrected chi connectivity index (χ0v) is 36.5. The average molecular weight is 825 g/mol. The van der Waals surface area contributed by atoms with Crippen LogP contribution in [0, 0.1) is 17.3 Å². The number of hydrogen-bond donors (Lipinski definition) is 4. The van der Waals surface area contributed by atoms with E-state index in [1.807, 2.05) is 13.8 Å². The van der Waals surface area contributed by atoms with E-state index in [1.165, 1.54) is 23.6 Å². The molecule has 59 heavy (non-hydrogen) atoms. The summed E-state index contributed by atoms with van der Waals surface area (Å²) in [5.41, 5.74) is 2.10. The predicted octanol–water partition coefficient (Wildman–Crippen LogP) is -1.64. The van der Waals surface area contributed by atoms with Crippen molar-refractivity contribution in [1.82, 2.24) is 20.4 Å². The Kier molecular flexibility index (Phi) is 15.1. The SMILES string of the molecule is CCNC(=O)c1cccc(C2=C(C(=O)OCOC(=O)C(C)(C)C)N3C(=O)[C@H]([C@@H](C)O)[C@H]3C2)c1.CCNC(=O)c1cccc(C2=C(C(=O)[O-])N3C(=O)[C@H]([C@@H](C)O)[C@H]3C2)c1.[Na+]. The van der Waals surface area contributed by atoms with Gasteiger partial charge in [0.15, 0.2) is 0 Å². The van der Waals surface area contributed by atoms with Gasteiger partial charge in [-0.05, 0) is 108 Å². The molecule has 4 aliphatic heterocycles. The van der Waals surface area contributed by atoms with Crippen LogP contribution in [0.3, 0.4) is 0 Å². The summed E-state index contributed by atoms with van der Waals surface area (Å²) in [7, 11) is 0. The molecule has 6 rings (SSSR count). The molecule has 0 aliphatic carbocycles. The van der Waals surface area contributed by atoms with Crippen molar-refractivity contribution in [3.63, 3.8) is 0 Å². The van der Waals surface area contributed by atoms with Crippen molar-refractivity contribution in [1.29, 1.82) is 0 Å². The normalized spacial score (nSPS) is 21.4. The Bertz CT molecular complexity index is 2090. The Hall–Kier alpha value is -4.87. The Morgan fingerprint density at radius 2 is 1.19 bits per heavy atom. The van der Waals surface area contributed by atoms with Crippen LogP contribution in [0.25, 0.3) is 11.1 Å². The van der Waals surface area contributed by atoms with Crippen molar-refractivity contribution in [3.05, 3.63) is 82.2 Å². The van der Waals surface area contributed by atoms with Gasteiger partial charge in [-0.25, -0.2) is 4.79 Å². The third-order valence-electron chi connectivity index (χ3n) is 10.5. The number of β-lactam (4-membered cyclic amide) rings is 2. The molecule has 17 heteroatoms. The minimum absolute atomic E-state index is 0. The molecule has 0 bridgehead atoms. The number of carbonyl (C=O) groups is 7. The number of fused-ring (bicyclic) bond motifs is 2. The predicted molar refractivity (Wildman–Crippen MR) is 205 cm³/mol. The number of amides is 4. The number of benzene rings is 2. The van der Waals surface area contributed by atoms with E-state index in [9.17, 15) is 48.9 Å². The second-order valence-electron chi connectivity index (χ2n) is 15.5. The molecule has 4 amide bonds. The molecule has 0 spiro atoms. The van der Waals surface area contributed by atoms with E-state index in [0.717, 1.165) is 0 Å². The number of carbonyl (C=O) groups excluding carboxylic acids is 7. The first kappa shape index (κ1) is 46.8. The minimum Gasteiger partial charge on any atom is -0.543 e. The van der Waals surface area contributed by atoms with Crippen LogP contribution in [0.2, 0.25) is 0 Å². The van der Waals surface area contributed by atoms with Gasteiger partial charge in [0, 0.05) is 24.2 Å². The number of nitrogens with zero attached hydrogens (tertiary/aromatic N) is 2. The fraction of sp³-hybridized carbons (Fsp3) is 0.452. The number of aliphatic carboxylic acids is 1. The number of esters is 2. The van der Waals surface area contributed by atoms with Gasteiger partial charge in [0.2, 0.25) is 18.6 Å². The maximum atomic E-state index is 13.0. The third kappa shape index (κ3) is 9.47. The Morgan fingerprint density at radius 1 is 0.763 bits per heavy atom. The standard InChI is InChI=1S/C24H30N2O7.C18H20N2O5.Na/c1-6-25-20(28)15-9-7-8-14(10-15)16-11-17-18(13(2)27)21(29)26(17)19(16)22(30)32-12-33-23(31)24(3,4)5;1-3-19-16(22)11-6-4-5-10(7-11)12-8-13-14(9(2)21)17(23)20(13)15(12)18(24)25;/h7-10,13,17-18,27H,6,11-12H2,1-5H3,(H,25,28);4-7,9,13-14,21H,3,8H2,1-2H3,(H,19,22)(H,24,25);/q;;+1/p-1/t13-,17-,18-;9-,13-,14-;/m11./s1. The Morgan fingerprint density at radius 3 is 1.58 bits per heavy atom. The average Bonchev–Trinajstić information content (AvgIpc) is 3.68. The number of rotatable bonds is 12. The van der Waals surface area contributed by atoms with Crippen molar-refractivity contribution in [2.24, 2.45) is 17.3 Å². The fourth-order valence-electron chi connectivity index (χ4n) is 7.68. The number of carboxylic acid groups (broad SMARTS) is 1. The van der Waals surface area contributed by atoms with Gasteiger partial charge in [0.05, 0.1) is 53.2 Å². The molecular weight excluding hydrogens is 775 g/mol. The maximum Gasteiger partial charge on any atom is 1.00 e. The fourth-order valence-corrected chi connectivity index (χ4v) is 7.68. The monoisotopic (exact) mass is 824 g/mol. The smallest absolute Gasteiger partial charge is 0.543 e. The summed E-state index contributed by atoms with van der Waals surface area (Å²) in [6.07, 6.45) is -1.09. The van der Waals surface area contributed by atoms with E-state index in [0.29, 0.717) is 59.3 Å². The summed E-state index contributed by atoms with van der Waals surface area (Å²) in [6.45, 7) is 12.1. The molecule has 6 atom stereocenters. The molecule has 0 saturated carbocycles. The van der Waals surface area contributed by atoms with Crippen LogP contribution in [0.1, 0.15) is 93.2 Å². The second kappa shape index (κ2) is 19.0. The zero-order valence-electron chi connectivity index (χ0n) is 34.5. The van der Waals surface area contributed by atoms with Crippen LogP contribution in [-0.4, -0.2) is 106 Å². The molecule has 4 N–H and O–H groups in total. The topological polar surface area (TPSA) is 232 Å². The number of nitrogens with one attached hydrogen (secondary N) is 2. The zero-order chi connectivity index (χ0) is 42.8. The van der Waals surface area contributed by atoms with E-state index >= 15 is 0 Å². The first-order chi connectivity index (χ1) is 27.3. The molecule has 4 aliphatic rings. The number of aliphatic hydroxyl groups excluding tert-OH is 2. The van der Waals surface area contributed by atoms with Gasteiger partial charge in [-0.15, -0.1) is 0 Å². The summed E-state index contributed by atoms with van der Waals surface area (Å²) in [6, 6.07) is 12.6. The molecule has 2 saturated heterocycles. The Balaban J connectivity index is 0.000000265. The summed E-state index contributed by atoms with van der Waals surface area (Å²) in [5, 5.41) is 36.8. The first-order valence-corrected chi connectivity index (χ1v) is 19.1. The largest absolute Gasteiger partial charge is 1.00 e. The van der Waals surface area contributed by atoms with Crippen molar-refractivity contribution < 1.29 is 87.9 Å². The van der Waals surface area contributed by atoms with Crippen LogP contribution in [-0.2, 0) is 33.4 Å². The minimum atomic E-state index is -1.43. The van der Waals surface area contributed by atoms with Gasteiger partial charge in [-0.1, -0.05) is 24.3 Å². The van der Waals surface area contributed by atoms with E-state index in [1.54, 1.807) is 69.3 Å². The molecular formula is C42H49N4NaO12. The molecule has 2 aromatic rings. The van der Waals surface area contributed by atoms with Gasteiger partial charge in [0.1, 0.15) is 5.70 Å². The number of aliphatic hydroxyl groups is 2. The van der Waals surface area contributed by atoms with Gasteiger partial charge in [0.25, 0.3) is 11.8 Å². The van der Waals surface area contributed by atoms with Crippen LogP contribution in [0.4, 0.5) is 0 Å². The molecule has 2 fully saturated rings. The Labute approximate surface area is 364 Å². The molecule has 0 unspecified atom stereocenters. The van der Waals surface area contributed by atoms with Crippen molar-refractivity contribution in [2.45, 2.75) is 85.6 Å². The van der Waals surface area contributed by atoms with Crippen LogP contribution < -0.4 is 45.3 Å². The molecule has 310 valence electrons. The number of ether oxygens (including phenoxy) is 2. The van der Waals surface area contributed by atoms with Crippen LogP contribution >= 0.6 is 0 Å². The van der Waals surface area contributed by atoms with E-state index in [-0.39, 0.29) is 70.8 Å². The summed E-state index contributed by atoms with van der Waals surface area (Å²) < 4.78 is 10.2. The van der Waals surface area contributed by atoms with Crippen molar-refractivity contribution in [3.8, 4) is 0 Å². The van der Waals surface area contributed by atoms with Crippen LogP contribution in [0.5, 0.6) is 0 Å². The van der Waals surface area contributed by atoms with Gasteiger partial charge in [-0.3, -0.25) is 24.0 Å². The van der Waals surface area contributed by atoms with E-state index in [2.05, 4.69) is 10.6 Å². The molecule has 2 aromatic carbocycles. The summed E-state index contributed by atoms with van der Waals surface area (Å²) >= 11 is 0. The number of carboxylic acids is 1. The quantitative estimate of drug-likeness (QED) is 0.0818. The number of hydrogen-bond acceptors (Lipinski definition) is 12. The van der Waals surface area contributed by atoms with Gasteiger partial charge >= 0.3 is 41.5 Å². The van der Waals surface area contributed by atoms with E-state index < -0.39 is 60.1 Å².